The second-order valence-electron chi connectivity index (χ2n) is 5.86. The van der Waals surface area contributed by atoms with Gasteiger partial charge >= 0.3 is 0 Å². The van der Waals surface area contributed by atoms with Crippen molar-refractivity contribution in [3.05, 3.63) is 47.7 Å². The molecule has 18 heavy (non-hydrogen) atoms. The molecule has 96 valence electrons. The van der Waals surface area contributed by atoms with Crippen LogP contribution in [0.4, 0.5) is 0 Å². The Morgan fingerprint density at radius 3 is 2.67 bits per heavy atom. The highest BCUT2D eigenvalue weighted by Crippen LogP contribution is 2.45. The largest absolute Gasteiger partial charge is 0.375 e. The van der Waals surface area contributed by atoms with E-state index in [4.69, 9.17) is 0 Å². The summed E-state index contributed by atoms with van der Waals surface area (Å²) in [7, 11) is 0. The average Bonchev–Trinajstić information content (AvgIpc) is 3.16. The summed E-state index contributed by atoms with van der Waals surface area (Å²) >= 11 is 0. The van der Waals surface area contributed by atoms with Gasteiger partial charge in [-0.2, -0.15) is 0 Å². The molecule has 1 unspecified atom stereocenters. The summed E-state index contributed by atoms with van der Waals surface area (Å²) in [5, 5.41) is 0. The van der Waals surface area contributed by atoms with Crippen molar-refractivity contribution in [2.45, 2.75) is 32.6 Å². The Bertz CT molecular complexity index is 413. The molecule has 1 heterocycles. The first-order chi connectivity index (χ1) is 8.83. The van der Waals surface area contributed by atoms with Crippen molar-refractivity contribution < 1.29 is 0 Å². The highest BCUT2D eigenvalue weighted by atomic mass is 15.1. The topological polar surface area (TPSA) is 3.24 Å². The van der Waals surface area contributed by atoms with E-state index in [1.54, 1.807) is 0 Å². The lowest BCUT2D eigenvalue weighted by Crippen LogP contribution is -2.23. The predicted octanol–water partition coefficient (Wildman–Crippen LogP) is 4.06. The van der Waals surface area contributed by atoms with Crippen molar-refractivity contribution in [1.29, 1.82) is 0 Å². The highest BCUT2D eigenvalue weighted by Gasteiger charge is 2.38. The SMILES string of the molecule is C/C(=C\C=C1\C=CC=CC1)N1CCC2C[C@H]2CC1. The van der Waals surface area contributed by atoms with Crippen LogP contribution in [0.25, 0.3) is 0 Å². The van der Waals surface area contributed by atoms with E-state index in [9.17, 15) is 0 Å². The molecule has 3 aliphatic rings. The second kappa shape index (κ2) is 5.17. The maximum Gasteiger partial charge on any atom is 0.0177 e. The Morgan fingerprint density at radius 1 is 1.22 bits per heavy atom. The molecule has 0 spiro atoms. The Kier molecular flexibility index (Phi) is 3.40. The normalized spacial score (nSPS) is 33.5. The van der Waals surface area contributed by atoms with Gasteiger partial charge < -0.3 is 4.90 Å². The summed E-state index contributed by atoms with van der Waals surface area (Å²) in [4.78, 5) is 2.58. The minimum atomic E-state index is 1.06. The summed E-state index contributed by atoms with van der Waals surface area (Å²) in [5.41, 5.74) is 2.85. The highest BCUT2D eigenvalue weighted by molar-refractivity contribution is 5.32. The minimum absolute atomic E-state index is 1.06. The standard InChI is InChI=1S/C17H23N/c1-14(7-8-15-5-3-2-4-6-15)18-11-9-16-13-17(16)10-12-18/h2-5,7-8,16-17H,6,9-13H2,1H3/b14-7+,15-8-/t16-,17?/m1/s1. The van der Waals surface area contributed by atoms with E-state index in [1.807, 2.05) is 0 Å². The molecule has 0 bridgehead atoms. The fraction of sp³-hybridized carbons (Fsp3) is 0.529. The number of hydrogen-bond acceptors (Lipinski definition) is 1. The Labute approximate surface area is 111 Å². The summed E-state index contributed by atoms with van der Waals surface area (Å²) in [6.45, 7) is 4.79. The van der Waals surface area contributed by atoms with Gasteiger partial charge in [-0.05, 0) is 56.1 Å². The zero-order valence-electron chi connectivity index (χ0n) is 11.3. The molecule has 2 aliphatic carbocycles. The van der Waals surface area contributed by atoms with Crippen LogP contribution in [0.5, 0.6) is 0 Å². The third-order valence-electron chi connectivity index (χ3n) is 4.56. The molecule has 1 aliphatic heterocycles. The van der Waals surface area contributed by atoms with Gasteiger partial charge in [-0.25, -0.2) is 0 Å². The van der Waals surface area contributed by atoms with Crippen molar-refractivity contribution in [3.8, 4) is 0 Å². The Balaban J connectivity index is 1.60. The van der Waals surface area contributed by atoms with Crippen molar-refractivity contribution >= 4 is 0 Å². The molecule has 0 aromatic carbocycles. The molecule has 0 aromatic rings. The third-order valence-corrected chi connectivity index (χ3v) is 4.56. The van der Waals surface area contributed by atoms with Gasteiger partial charge in [0.15, 0.2) is 0 Å². The number of rotatable bonds is 2. The van der Waals surface area contributed by atoms with Crippen LogP contribution in [-0.2, 0) is 0 Å². The van der Waals surface area contributed by atoms with Gasteiger partial charge in [0.2, 0.25) is 0 Å². The molecule has 1 nitrogen and oxygen atoms in total. The fourth-order valence-corrected chi connectivity index (χ4v) is 3.11. The molecule has 1 saturated carbocycles. The van der Waals surface area contributed by atoms with Crippen LogP contribution >= 0.6 is 0 Å². The van der Waals surface area contributed by atoms with Crippen LogP contribution in [0.15, 0.2) is 47.7 Å². The molecule has 0 aromatic heterocycles. The van der Waals surface area contributed by atoms with Crippen LogP contribution in [0, 0.1) is 11.8 Å². The number of hydrogen-bond donors (Lipinski definition) is 0. The van der Waals surface area contributed by atoms with Crippen molar-refractivity contribution in [2.75, 3.05) is 13.1 Å². The summed E-state index contributed by atoms with van der Waals surface area (Å²) in [6, 6.07) is 0. The van der Waals surface area contributed by atoms with Crippen LogP contribution in [0.1, 0.15) is 32.6 Å². The van der Waals surface area contributed by atoms with Gasteiger partial charge in [-0.1, -0.05) is 30.4 Å². The molecule has 3 rings (SSSR count). The number of likely N-dealkylation sites (tertiary alicyclic amines) is 1. The summed E-state index contributed by atoms with van der Waals surface area (Å²) in [6.07, 6.45) is 18.7. The van der Waals surface area contributed by atoms with Gasteiger partial charge in [-0.3, -0.25) is 0 Å². The van der Waals surface area contributed by atoms with Gasteiger partial charge in [0.05, 0.1) is 0 Å². The lowest BCUT2D eigenvalue weighted by molar-refractivity contribution is 0.345. The average molecular weight is 241 g/mol. The maximum absolute atomic E-state index is 2.58. The van der Waals surface area contributed by atoms with E-state index in [0.717, 1.165) is 18.3 Å². The third kappa shape index (κ3) is 2.77. The number of fused-ring (bicyclic) bond motifs is 1. The molecular formula is C17H23N. The molecular weight excluding hydrogens is 218 g/mol. The van der Waals surface area contributed by atoms with E-state index >= 15 is 0 Å². The second-order valence-corrected chi connectivity index (χ2v) is 5.86. The van der Waals surface area contributed by atoms with Gasteiger partial charge in [0.1, 0.15) is 0 Å². The molecule has 1 saturated heterocycles. The first-order valence-corrected chi connectivity index (χ1v) is 7.28. The first-order valence-electron chi connectivity index (χ1n) is 7.28. The van der Waals surface area contributed by atoms with E-state index in [0.29, 0.717) is 0 Å². The summed E-state index contributed by atoms with van der Waals surface area (Å²) < 4.78 is 0. The molecule has 0 N–H and O–H groups in total. The van der Waals surface area contributed by atoms with E-state index in [2.05, 4.69) is 48.3 Å². The van der Waals surface area contributed by atoms with Crippen molar-refractivity contribution in [3.63, 3.8) is 0 Å². The van der Waals surface area contributed by atoms with Crippen LogP contribution in [0.3, 0.4) is 0 Å². The van der Waals surface area contributed by atoms with E-state index in [1.165, 1.54) is 43.6 Å². The lowest BCUT2D eigenvalue weighted by atomic mass is 10.1. The van der Waals surface area contributed by atoms with Crippen LogP contribution in [0.2, 0.25) is 0 Å². The smallest absolute Gasteiger partial charge is 0.0177 e. The Morgan fingerprint density at radius 2 is 2.00 bits per heavy atom. The van der Waals surface area contributed by atoms with Crippen LogP contribution in [-0.4, -0.2) is 18.0 Å². The fourth-order valence-electron chi connectivity index (χ4n) is 3.11. The zero-order chi connectivity index (χ0) is 12.4. The van der Waals surface area contributed by atoms with Gasteiger partial charge in [0, 0.05) is 18.8 Å². The van der Waals surface area contributed by atoms with Gasteiger partial charge in [-0.15, -0.1) is 0 Å². The Hall–Kier alpha value is -1.24. The molecule has 1 heteroatoms. The van der Waals surface area contributed by atoms with E-state index < -0.39 is 0 Å². The first kappa shape index (κ1) is 11.8. The molecule has 0 radical (unpaired) electrons. The quantitative estimate of drug-likeness (QED) is 0.704. The number of nitrogens with zero attached hydrogens (tertiary/aromatic N) is 1. The molecule has 2 atom stereocenters. The number of allylic oxidation sites excluding steroid dienone is 8. The zero-order valence-corrected chi connectivity index (χ0v) is 11.3. The molecule has 2 fully saturated rings. The van der Waals surface area contributed by atoms with Crippen LogP contribution < -0.4 is 0 Å². The lowest BCUT2D eigenvalue weighted by Gasteiger charge is -2.23. The van der Waals surface area contributed by atoms with Crippen molar-refractivity contribution in [1.82, 2.24) is 4.90 Å². The minimum Gasteiger partial charge on any atom is -0.375 e. The van der Waals surface area contributed by atoms with Gasteiger partial charge in [0.25, 0.3) is 0 Å². The maximum atomic E-state index is 2.58. The van der Waals surface area contributed by atoms with Crippen molar-refractivity contribution in [2.24, 2.45) is 11.8 Å². The van der Waals surface area contributed by atoms with E-state index in [-0.39, 0.29) is 0 Å². The predicted molar refractivity (Wildman–Crippen MR) is 77.1 cm³/mol. The molecule has 0 amide bonds. The monoisotopic (exact) mass is 241 g/mol. The summed E-state index contributed by atoms with van der Waals surface area (Å²) in [5.74, 6) is 2.13.